The molecule has 1 saturated carbocycles. The van der Waals surface area contributed by atoms with E-state index < -0.39 is 0 Å². The fourth-order valence-corrected chi connectivity index (χ4v) is 4.78. The first kappa shape index (κ1) is 17.9. The number of hydrogen-bond acceptors (Lipinski definition) is 5. The molecule has 28 heavy (non-hydrogen) atoms. The number of morpholine rings is 1. The number of hydrogen-bond donors (Lipinski definition) is 1. The highest BCUT2D eigenvalue weighted by Gasteiger charge is 2.38. The van der Waals surface area contributed by atoms with E-state index in [0.717, 1.165) is 62.7 Å². The monoisotopic (exact) mass is 381 g/mol. The fraction of sp³-hybridized carbons (Fsp3) is 0.545. The SMILES string of the molecule is O=C([C@H]1CC[C@H]2OCCN[C@@H]2C1)N1CCc2oc(Cc3ccccc3)nc2C1. The molecule has 1 aromatic heterocycles. The molecule has 2 fully saturated rings. The molecule has 3 heterocycles. The van der Waals surface area contributed by atoms with E-state index >= 15 is 0 Å². The Hall–Kier alpha value is -2.18. The lowest BCUT2D eigenvalue weighted by Crippen LogP contribution is -2.53. The van der Waals surface area contributed by atoms with Crippen LogP contribution in [0.15, 0.2) is 34.7 Å². The van der Waals surface area contributed by atoms with Crippen LogP contribution in [0.5, 0.6) is 0 Å². The predicted molar refractivity (Wildman–Crippen MR) is 104 cm³/mol. The topological polar surface area (TPSA) is 67.6 Å². The lowest BCUT2D eigenvalue weighted by Gasteiger charge is -2.40. The van der Waals surface area contributed by atoms with Crippen molar-refractivity contribution in [3.05, 3.63) is 53.2 Å². The number of aromatic nitrogens is 1. The number of oxazole rings is 1. The third-order valence-corrected chi connectivity index (χ3v) is 6.26. The van der Waals surface area contributed by atoms with Crippen molar-refractivity contribution in [1.82, 2.24) is 15.2 Å². The third kappa shape index (κ3) is 3.59. The zero-order valence-corrected chi connectivity index (χ0v) is 16.1. The van der Waals surface area contributed by atoms with Crippen LogP contribution in [0.25, 0.3) is 0 Å². The van der Waals surface area contributed by atoms with Crippen molar-refractivity contribution in [3.63, 3.8) is 0 Å². The lowest BCUT2D eigenvalue weighted by atomic mass is 9.82. The number of benzene rings is 1. The summed E-state index contributed by atoms with van der Waals surface area (Å²) in [6.45, 7) is 2.96. The molecule has 2 aromatic rings. The molecule has 6 nitrogen and oxygen atoms in total. The molecule has 1 aliphatic carbocycles. The number of carbonyl (C=O) groups excluding carboxylic acids is 1. The fourth-order valence-electron chi connectivity index (χ4n) is 4.78. The van der Waals surface area contributed by atoms with E-state index in [1.165, 1.54) is 5.56 Å². The van der Waals surface area contributed by atoms with E-state index in [-0.39, 0.29) is 17.9 Å². The van der Waals surface area contributed by atoms with Crippen LogP contribution in [0, 0.1) is 5.92 Å². The van der Waals surface area contributed by atoms with Crippen LogP contribution < -0.4 is 5.32 Å². The number of ether oxygens (including phenoxy) is 1. The number of fused-ring (bicyclic) bond motifs is 2. The van der Waals surface area contributed by atoms with Crippen LogP contribution in [-0.4, -0.2) is 47.6 Å². The molecule has 3 atom stereocenters. The third-order valence-electron chi connectivity index (χ3n) is 6.26. The van der Waals surface area contributed by atoms with Crippen molar-refractivity contribution < 1.29 is 13.9 Å². The minimum absolute atomic E-state index is 0.0905. The normalized spacial score (nSPS) is 27.1. The lowest BCUT2D eigenvalue weighted by molar-refractivity contribution is -0.140. The van der Waals surface area contributed by atoms with Crippen molar-refractivity contribution in [1.29, 1.82) is 0 Å². The maximum Gasteiger partial charge on any atom is 0.226 e. The minimum atomic E-state index is 0.0905. The largest absolute Gasteiger partial charge is 0.445 e. The predicted octanol–water partition coefficient (Wildman–Crippen LogP) is 2.31. The average molecular weight is 381 g/mol. The van der Waals surface area contributed by atoms with Gasteiger partial charge in [-0.3, -0.25) is 4.79 Å². The van der Waals surface area contributed by atoms with Crippen molar-refractivity contribution in [2.24, 2.45) is 5.92 Å². The van der Waals surface area contributed by atoms with Crippen LogP contribution in [-0.2, 0) is 28.9 Å². The molecular weight excluding hydrogens is 354 g/mol. The van der Waals surface area contributed by atoms with Gasteiger partial charge in [0.05, 0.1) is 19.3 Å². The Labute approximate surface area is 165 Å². The molecule has 1 amide bonds. The van der Waals surface area contributed by atoms with Crippen LogP contribution in [0.4, 0.5) is 0 Å². The molecule has 1 saturated heterocycles. The van der Waals surface area contributed by atoms with Crippen molar-refractivity contribution >= 4 is 5.91 Å². The number of amides is 1. The summed E-state index contributed by atoms with van der Waals surface area (Å²) in [5, 5.41) is 3.53. The quantitative estimate of drug-likeness (QED) is 0.884. The van der Waals surface area contributed by atoms with Gasteiger partial charge in [-0.15, -0.1) is 0 Å². The van der Waals surface area contributed by atoms with Gasteiger partial charge in [0.15, 0.2) is 5.89 Å². The number of nitrogens with one attached hydrogen (secondary N) is 1. The molecule has 5 rings (SSSR count). The van der Waals surface area contributed by atoms with Gasteiger partial charge in [0.25, 0.3) is 0 Å². The van der Waals surface area contributed by atoms with Gasteiger partial charge >= 0.3 is 0 Å². The zero-order chi connectivity index (χ0) is 18.9. The molecular formula is C22H27N3O3. The maximum atomic E-state index is 13.1. The van der Waals surface area contributed by atoms with E-state index in [1.807, 2.05) is 23.1 Å². The zero-order valence-electron chi connectivity index (χ0n) is 16.1. The van der Waals surface area contributed by atoms with E-state index in [1.54, 1.807) is 0 Å². The molecule has 1 aromatic carbocycles. The Morgan fingerprint density at radius 3 is 3.04 bits per heavy atom. The molecule has 0 spiro atoms. The Kier molecular flexibility index (Phi) is 4.91. The second-order valence-electron chi connectivity index (χ2n) is 8.13. The molecule has 0 radical (unpaired) electrons. The molecule has 3 aliphatic rings. The summed E-state index contributed by atoms with van der Waals surface area (Å²) in [6.07, 6.45) is 4.50. The summed E-state index contributed by atoms with van der Waals surface area (Å²) in [6, 6.07) is 10.5. The van der Waals surface area contributed by atoms with Gasteiger partial charge in [0.1, 0.15) is 11.5 Å². The molecule has 1 N–H and O–H groups in total. The van der Waals surface area contributed by atoms with Gasteiger partial charge < -0.3 is 19.4 Å². The van der Waals surface area contributed by atoms with Crippen LogP contribution in [0.1, 0.15) is 42.2 Å². The summed E-state index contributed by atoms with van der Waals surface area (Å²) >= 11 is 0. The first-order chi connectivity index (χ1) is 13.8. The standard InChI is InChI=1S/C22H27N3O3/c26-22(16-6-7-19-17(13-16)23-9-11-27-19)25-10-8-20-18(14-25)24-21(28-20)12-15-4-2-1-3-5-15/h1-5,16-17,19,23H,6-14H2/t16-,17+,19+/m0/s1. The summed E-state index contributed by atoms with van der Waals surface area (Å²) in [4.78, 5) is 19.8. The number of rotatable bonds is 3. The van der Waals surface area contributed by atoms with E-state index in [4.69, 9.17) is 14.1 Å². The smallest absolute Gasteiger partial charge is 0.226 e. The average Bonchev–Trinajstić information content (AvgIpc) is 3.15. The van der Waals surface area contributed by atoms with Gasteiger partial charge in [-0.2, -0.15) is 0 Å². The van der Waals surface area contributed by atoms with Gasteiger partial charge in [0, 0.05) is 37.9 Å². The van der Waals surface area contributed by atoms with E-state index in [9.17, 15) is 4.79 Å². The van der Waals surface area contributed by atoms with Crippen molar-refractivity contribution in [3.8, 4) is 0 Å². The van der Waals surface area contributed by atoms with Gasteiger partial charge in [0.2, 0.25) is 5.91 Å². The molecule has 2 aliphatic heterocycles. The van der Waals surface area contributed by atoms with Crippen molar-refractivity contribution in [2.45, 2.75) is 50.8 Å². The second kappa shape index (κ2) is 7.68. The summed E-state index contributed by atoms with van der Waals surface area (Å²) < 4.78 is 11.8. The maximum absolute atomic E-state index is 13.1. The van der Waals surface area contributed by atoms with E-state index in [2.05, 4.69) is 17.4 Å². The Morgan fingerprint density at radius 1 is 1.25 bits per heavy atom. The molecule has 6 heteroatoms. The van der Waals surface area contributed by atoms with Crippen molar-refractivity contribution in [2.75, 3.05) is 19.7 Å². The summed E-state index contributed by atoms with van der Waals surface area (Å²) in [5.41, 5.74) is 2.12. The highest BCUT2D eigenvalue weighted by Crippen LogP contribution is 2.31. The first-order valence-corrected chi connectivity index (χ1v) is 10.4. The first-order valence-electron chi connectivity index (χ1n) is 10.4. The Bertz CT molecular complexity index is 835. The van der Waals surface area contributed by atoms with Crippen LogP contribution >= 0.6 is 0 Å². The van der Waals surface area contributed by atoms with Gasteiger partial charge in [-0.1, -0.05) is 30.3 Å². The van der Waals surface area contributed by atoms with Crippen LogP contribution in [0.3, 0.4) is 0 Å². The highest BCUT2D eigenvalue weighted by atomic mass is 16.5. The summed E-state index contributed by atoms with van der Waals surface area (Å²) in [5.74, 6) is 2.05. The summed E-state index contributed by atoms with van der Waals surface area (Å²) in [7, 11) is 0. The number of nitrogens with zero attached hydrogens (tertiary/aromatic N) is 2. The Balaban J connectivity index is 1.23. The van der Waals surface area contributed by atoms with Gasteiger partial charge in [-0.05, 0) is 24.8 Å². The molecule has 148 valence electrons. The van der Waals surface area contributed by atoms with Gasteiger partial charge in [-0.25, -0.2) is 4.98 Å². The minimum Gasteiger partial charge on any atom is -0.445 e. The molecule has 0 bridgehead atoms. The molecule has 0 unspecified atom stereocenters. The highest BCUT2D eigenvalue weighted by molar-refractivity contribution is 5.79. The van der Waals surface area contributed by atoms with Crippen LogP contribution in [0.2, 0.25) is 0 Å². The number of carbonyl (C=O) groups is 1. The Morgan fingerprint density at radius 2 is 2.14 bits per heavy atom. The van der Waals surface area contributed by atoms with E-state index in [0.29, 0.717) is 19.0 Å². The second-order valence-corrected chi connectivity index (χ2v) is 8.13.